The summed E-state index contributed by atoms with van der Waals surface area (Å²) in [6, 6.07) is 5.42. The van der Waals surface area contributed by atoms with E-state index in [4.69, 9.17) is 9.72 Å². The Hall–Kier alpha value is -4.41. The number of benzene rings is 1. The van der Waals surface area contributed by atoms with Crippen molar-refractivity contribution in [2.45, 2.75) is 18.9 Å². The molecule has 0 spiro atoms. The maximum absolute atomic E-state index is 14.5. The molecule has 1 aliphatic heterocycles. The van der Waals surface area contributed by atoms with E-state index in [9.17, 15) is 8.78 Å². The molecule has 1 aliphatic rings. The zero-order valence-electron chi connectivity index (χ0n) is 18.7. The Morgan fingerprint density at radius 3 is 2.69 bits per heavy atom. The third-order valence-electron chi connectivity index (χ3n) is 6.17. The summed E-state index contributed by atoms with van der Waals surface area (Å²) in [6.45, 7) is 0.691. The summed E-state index contributed by atoms with van der Waals surface area (Å²) in [5.74, 6) is -0.200. The molecule has 0 N–H and O–H groups in total. The number of rotatable bonds is 5. The van der Waals surface area contributed by atoms with Crippen molar-refractivity contribution >= 4 is 11.5 Å². The average Bonchev–Trinajstić information content (AvgIpc) is 3.64. The van der Waals surface area contributed by atoms with Crippen LogP contribution in [0.4, 0.5) is 14.6 Å². The minimum atomic E-state index is -0.452. The second-order valence-electron chi connectivity index (χ2n) is 8.23. The van der Waals surface area contributed by atoms with Gasteiger partial charge in [-0.15, -0.1) is 0 Å². The van der Waals surface area contributed by atoms with Crippen LogP contribution in [0.3, 0.4) is 0 Å². The molecule has 1 unspecified atom stereocenters. The zero-order chi connectivity index (χ0) is 23.9. The van der Waals surface area contributed by atoms with E-state index in [1.807, 2.05) is 17.2 Å². The molecule has 35 heavy (non-hydrogen) atoms. The van der Waals surface area contributed by atoms with Crippen molar-refractivity contribution in [1.82, 2.24) is 34.3 Å². The van der Waals surface area contributed by atoms with E-state index in [0.717, 1.165) is 23.6 Å². The van der Waals surface area contributed by atoms with Gasteiger partial charge >= 0.3 is 6.01 Å². The smallest absolute Gasteiger partial charge is 0.316 e. The molecule has 176 valence electrons. The number of hydrogen-bond donors (Lipinski definition) is 0. The SMILES string of the molecule is COc1ncc(-c2cnn(-c3cnn4ccc(N5CCCC5c5cc(F)ccc5F)nc34)c2)cn1. The lowest BCUT2D eigenvalue weighted by atomic mass is 10.0. The van der Waals surface area contributed by atoms with Crippen molar-refractivity contribution < 1.29 is 13.5 Å². The Morgan fingerprint density at radius 2 is 1.86 bits per heavy atom. The quantitative estimate of drug-likeness (QED) is 0.381. The molecule has 6 rings (SSSR count). The molecule has 0 radical (unpaired) electrons. The molecule has 11 heteroatoms. The summed E-state index contributed by atoms with van der Waals surface area (Å²) >= 11 is 0. The molecule has 1 saturated heterocycles. The Kier molecular flexibility index (Phi) is 5.09. The van der Waals surface area contributed by atoms with Gasteiger partial charge in [-0.05, 0) is 37.1 Å². The van der Waals surface area contributed by atoms with Gasteiger partial charge in [-0.3, -0.25) is 0 Å². The first-order valence-corrected chi connectivity index (χ1v) is 11.1. The molecule has 4 aromatic heterocycles. The fraction of sp³-hybridized carbons (Fsp3) is 0.208. The Labute approximate surface area is 198 Å². The predicted octanol–water partition coefficient (Wildman–Crippen LogP) is 4.00. The van der Waals surface area contributed by atoms with E-state index < -0.39 is 11.6 Å². The lowest BCUT2D eigenvalue weighted by Gasteiger charge is -2.26. The van der Waals surface area contributed by atoms with Crippen LogP contribution in [-0.4, -0.2) is 48.0 Å². The van der Waals surface area contributed by atoms with E-state index in [-0.39, 0.29) is 6.04 Å². The molecule has 9 nitrogen and oxygen atoms in total. The van der Waals surface area contributed by atoms with Gasteiger partial charge in [0.25, 0.3) is 0 Å². The second-order valence-corrected chi connectivity index (χ2v) is 8.23. The number of methoxy groups -OCH3 is 1. The molecule has 0 bridgehead atoms. The maximum atomic E-state index is 14.5. The molecular weight excluding hydrogens is 454 g/mol. The molecule has 1 atom stereocenters. The van der Waals surface area contributed by atoms with E-state index in [1.54, 1.807) is 40.2 Å². The van der Waals surface area contributed by atoms with Gasteiger partial charge in [-0.2, -0.15) is 10.2 Å². The Morgan fingerprint density at radius 1 is 1.00 bits per heavy atom. The fourth-order valence-corrected chi connectivity index (χ4v) is 4.48. The zero-order valence-corrected chi connectivity index (χ0v) is 18.7. The number of fused-ring (bicyclic) bond motifs is 1. The van der Waals surface area contributed by atoms with Gasteiger partial charge < -0.3 is 9.64 Å². The molecular formula is C24H20F2N8O. The maximum Gasteiger partial charge on any atom is 0.316 e. The van der Waals surface area contributed by atoms with E-state index >= 15 is 0 Å². The van der Waals surface area contributed by atoms with Crippen molar-refractivity contribution in [3.63, 3.8) is 0 Å². The number of halogens is 2. The van der Waals surface area contributed by atoms with Crippen molar-refractivity contribution in [1.29, 1.82) is 0 Å². The van der Waals surface area contributed by atoms with E-state index in [2.05, 4.69) is 20.2 Å². The minimum absolute atomic E-state index is 0.291. The molecule has 5 heterocycles. The highest BCUT2D eigenvalue weighted by atomic mass is 19.1. The van der Waals surface area contributed by atoms with Gasteiger partial charge in [-0.25, -0.2) is 32.9 Å². The van der Waals surface area contributed by atoms with Crippen molar-refractivity contribution in [2.75, 3.05) is 18.6 Å². The van der Waals surface area contributed by atoms with Crippen LogP contribution in [0.2, 0.25) is 0 Å². The molecule has 0 amide bonds. The topological polar surface area (TPSA) is 86.3 Å². The molecule has 5 aromatic rings. The van der Waals surface area contributed by atoms with E-state index in [1.165, 1.54) is 19.2 Å². The predicted molar refractivity (Wildman–Crippen MR) is 123 cm³/mol. The van der Waals surface area contributed by atoms with Gasteiger partial charge in [0, 0.05) is 48.0 Å². The van der Waals surface area contributed by atoms with Crippen LogP contribution < -0.4 is 9.64 Å². The summed E-state index contributed by atoms with van der Waals surface area (Å²) in [5, 5.41) is 8.86. The summed E-state index contributed by atoms with van der Waals surface area (Å²) in [6.07, 6.45) is 11.9. The van der Waals surface area contributed by atoms with Crippen LogP contribution >= 0.6 is 0 Å². The Bertz CT molecular complexity index is 1510. The molecule has 0 saturated carbocycles. The third kappa shape index (κ3) is 3.74. The fourth-order valence-electron chi connectivity index (χ4n) is 4.48. The van der Waals surface area contributed by atoms with Crippen LogP contribution in [0.25, 0.3) is 22.5 Å². The van der Waals surface area contributed by atoms with Crippen molar-refractivity contribution in [3.05, 3.63) is 78.6 Å². The van der Waals surface area contributed by atoms with Gasteiger partial charge in [0.1, 0.15) is 23.1 Å². The second kappa shape index (κ2) is 8.42. The molecule has 1 aromatic carbocycles. The van der Waals surface area contributed by atoms with Gasteiger partial charge in [0.05, 0.1) is 25.5 Å². The number of anilines is 1. The van der Waals surface area contributed by atoms with Gasteiger partial charge in [0.2, 0.25) is 0 Å². The van der Waals surface area contributed by atoms with Crippen molar-refractivity contribution in [3.8, 4) is 22.8 Å². The summed E-state index contributed by atoms with van der Waals surface area (Å²) in [4.78, 5) is 15.1. The summed E-state index contributed by atoms with van der Waals surface area (Å²) in [7, 11) is 1.51. The van der Waals surface area contributed by atoms with Crippen LogP contribution in [0.15, 0.2) is 61.4 Å². The molecule has 1 fully saturated rings. The highest BCUT2D eigenvalue weighted by molar-refractivity contribution is 5.64. The van der Waals surface area contributed by atoms with Crippen LogP contribution in [-0.2, 0) is 0 Å². The highest BCUT2D eigenvalue weighted by Crippen LogP contribution is 2.37. The highest BCUT2D eigenvalue weighted by Gasteiger charge is 2.30. The summed E-state index contributed by atoms with van der Waals surface area (Å²) in [5.41, 5.74) is 3.23. The van der Waals surface area contributed by atoms with Crippen LogP contribution in [0.5, 0.6) is 6.01 Å². The third-order valence-corrected chi connectivity index (χ3v) is 6.17. The van der Waals surface area contributed by atoms with Gasteiger partial charge in [-0.1, -0.05) is 0 Å². The number of ether oxygens (including phenoxy) is 1. The van der Waals surface area contributed by atoms with Gasteiger partial charge in [0.15, 0.2) is 5.65 Å². The molecule has 0 aliphatic carbocycles. The average molecular weight is 474 g/mol. The minimum Gasteiger partial charge on any atom is -0.467 e. The standard InChI is InChI=1S/C24H20F2N8O/c1-35-24-27-10-15(11-28-24)16-12-29-34(14-16)21-13-30-33-8-6-22(31-23(21)33)32-7-2-3-20(32)18-9-17(25)4-5-19(18)26/h4-6,8-14,20H,2-3,7H2,1H3. The first-order chi connectivity index (χ1) is 17.1. The lowest BCUT2D eigenvalue weighted by Crippen LogP contribution is -2.24. The largest absolute Gasteiger partial charge is 0.467 e. The van der Waals surface area contributed by atoms with E-state index in [0.29, 0.717) is 41.7 Å². The number of nitrogens with zero attached hydrogens (tertiary/aromatic N) is 8. The first kappa shape index (κ1) is 21.1. The number of hydrogen-bond acceptors (Lipinski definition) is 7. The Balaban J connectivity index is 1.35. The summed E-state index contributed by atoms with van der Waals surface area (Å²) < 4.78 is 36.7. The van der Waals surface area contributed by atoms with Crippen LogP contribution in [0.1, 0.15) is 24.4 Å². The van der Waals surface area contributed by atoms with Crippen LogP contribution in [0, 0.1) is 11.6 Å². The monoisotopic (exact) mass is 474 g/mol. The van der Waals surface area contributed by atoms with Crippen molar-refractivity contribution in [2.24, 2.45) is 0 Å². The lowest BCUT2D eigenvalue weighted by molar-refractivity contribution is 0.380. The normalized spacial score (nSPS) is 15.7. The first-order valence-electron chi connectivity index (χ1n) is 11.1. The number of aromatic nitrogens is 7.